The van der Waals surface area contributed by atoms with E-state index in [1.54, 1.807) is 18.2 Å². The van der Waals surface area contributed by atoms with Crippen LogP contribution in [0.2, 0.25) is 0 Å². The third-order valence-corrected chi connectivity index (χ3v) is 4.68. The molecular formula is C19H21F3N2O. The molecule has 2 aromatic rings. The van der Waals surface area contributed by atoms with E-state index in [0.717, 1.165) is 24.8 Å². The molecule has 0 radical (unpaired) electrons. The quantitative estimate of drug-likeness (QED) is 0.869. The summed E-state index contributed by atoms with van der Waals surface area (Å²) in [5.74, 6) is -0.174. The predicted octanol–water partition coefficient (Wildman–Crippen LogP) is 4.65. The van der Waals surface area contributed by atoms with Gasteiger partial charge in [-0.25, -0.2) is 0 Å². The first-order valence-corrected chi connectivity index (χ1v) is 8.33. The smallest absolute Gasteiger partial charge is 0.404 e. The Morgan fingerprint density at radius 3 is 2.36 bits per heavy atom. The second-order valence-electron chi connectivity index (χ2n) is 6.10. The third-order valence-electron chi connectivity index (χ3n) is 4.68. The first-order chi connectivity index (χ1) is 12.0. The van der Waals surface area contributed by atoms with Crippen LogP contribution in [0.5, 0.6) is 5.75 Å². The van der Waals surface area contributed by atoms with Crippen LogP contribution in [0.25, 0.3) is 0 Å². The van der Waals surface area contributed by atoms with Gasteiger partial charge in [-0.3, -0.25) is 5.32 Å². The number of rotatable bonds is 4. The monoisotopic (exact) mass is 350 g/mol. The Kier molecular flexibility index (Phi) is 4.90. The molecule has 0 amide bonds. The second kappa shape index (κ2) is 6.96. The van der Waals surface area contributed by atoms with Crippen molar-refractivity contribution in [2.45, 2.75) is 31.3 Å². The number of piperidine rings is 1. The van der Waals surface area contributed by atoms with Crippen LogP contribution in [0.3, 0.4) is 0 Å². The number of hydrogen-bond acceptors (Lipinski definition) is 3. The molecule has 134 valence electrons. The van der Waals surface area contributed by atoms with Crippen LogP contribution in [-0.2, 0) is 5.66 Å². The molecule has 25 heavy (non-hydrogen) atoms. The topological polar surface area (TPSA) is 24.5 Å². The predicted molar refractivity (Wildman–Crippen MR) is 91.5 cm³/mol. The number of hydrogen-bond donors (Lipinski definition) is 1. The molecule has 1 aliphatic heterocycles. The van der Waals surface area contributed by atoms with Crippen molar-refractivity contribution < 1.29 is 17.9 Å². The Labute approximate surface area is 145 Å². The number of para-hydroxylation sites is 2. The highest BCUT2D eigenvalue weighted by molar-refractivity contribution is 5.61. The Hall–Kier alpha value is -2.21. The fourth-order valence-corrected chi connectivity index (χ4v) is 3.61. The van der Waals surface area contributed by atoms with Crippen molar-refractivity contribution in [3.8, 4) is 5.75 Å². The van der Waals surface area contributed by atoms with Crippen LogP contribution >= 0.6 is 0 Å². The lowest BCUT2D eigenvalue weighted by Gasteiger charge is -2.49. The number of halogens is 3. The van der Waals surface area contributed by atoms with E-state index in [0.29, 0.717) is 12.2 Å². The molecule has 0 aliphatic carbocycles. The maximum atomic E-state index is 12.8. The van der Waals surface area contributed by atoms with Crippen LogP contribution in [0.15, 0.2) is 54.6 Å². The molecule has 0 aromatic heterocycles. The summed E-state index contributed by atoms with van der Waals surface area (Å²) in [6.07, 6.45) is -2.01. The van der Waals surface area contributed by atoms with Gasteiger partial charge < -0.3 is 9.64 Å². The molecule has 3 nitrogen and oxygen atoms in total. The molecular weight excluding hydrogens is 329 g/mol. The zero-order valence-electron chi connectivity index (χ0n) is 14.0. The standard InChI is InChI=1S/C19H21F3N2O/c1-23-18(15-9-3-2-4-10-15)13-7-8-14-24(18)16-11-5-6-12-17(16)25-19(20,21)22/h2-6,9-12,23H,7-8,13-14H2,1H3. The molecule has 1 N–H and O–H groups in total. The van der Waals surface area contributed by atoms with Crippen molar-refractivity contribution in [2.75, 3.05) is 18.5 Å². The lowest BCUT2D eigenvalue weighted by Crippen LogP contribution is -2.58. The number of benzene rings is 2. The first-order valence-electron chi connectivity index (χ1n) is 8.33. The van der Waals surface area contributed by atoms with Gasteiger partial charge in [0.15, 0.2) is 5.75 Å². The molecule has 2 aromatic carbocycles. The minimum Gasteiger partial charge on any atom is -0.404 e. The van der Waals surface area contributed by atoms with E-state index < -0.39 is 12.0 Å². The summed E-state index contributed by atoms with van der Waals surface area (Å²) < 4.78 is 42.8. The van der Waals surface area contributed by atoms with Gasteiger partial charge in [0.1, 0.15) is 5.66 Å². The number of alkyl halides is 3. The number of anilines is 1. The largest absolute Gasteiger partial charge is 0.573 e. The summed E-state index contributed by atoms with van der Waals surface area (Å²) in [5.41, 5.74) is 0.904. The molecule has 1 saturated heterocycles. The van der Waals surface area contributed by atoms with Gasteiger partial charge in [0.25, 0.3) is 0 Å². The first kappa shape index (κ1) is 17.6. The van der Waals surface area contributed by atoms with Gasteiger partial charge in [-0.05, 0) is 44.0 Å². The zero-order valence-corrected chi connectivity index (χ0v) is 14.0. The van der Waals surface area contributed by atoms with Gasteiger partial charge in [-0.15, -0.1) is 13.2 Å². The molecule has 0 bridgehead atoms. The van der Waals surface area contributed by atoms with E-state index in [4.69, 9.17) is 0 Å². The summed E-state index contributed by atoms with van der Waals surface area (Å²) in [6.45, 7) is 0.647. The van der Waals surface area contributed by atoms with E-state index >= 15 is 0 Å². The SMILES string of the molecule is CNC1(c2ccccc2)CCCCN1c1ccccc1OC(F)(F)F. The minimum atomic E-state index is -4.72. The van der Waals surface area contributed by atoms with Crippen LogP contribution in [0, 0.1) is 0 Å². The van der Waals surface area contributed by atoms with Crippen LogP contribution in [0.1, 0.15) is 24.8 Å². The highest BCUT2D eigenvalue weighted by atomic mass is 19.4. The van der Waals surface area contributed by atoms with E-state index in [1.807, 2.05) is 42.3 Å². The fourth-order valence-electron chi connectivity index (χ4n) is 3.61. The molecule has 1 atom stereocenters. The van der Waals surface area contributed by atoms with Crippen LogP contribution in [0.4, 0.5) is 18.9 Å². The van der Waals surface area contributed by atoms with Gasteiger partial charge in [0.2, 0.25) is 0 Å². The van der Waals surface area contributed by atoms with Crippen molar-refractivity contribution in [2.24, 2.45) is 0 Å². The van der Waals surface area contributed by atoms with Crippen LogP contribution in [-0.4, -0.2) is 20.0 Å². The normalized spacial score (nSPS) is 21.2. The van der Waals surface area contributed by atoms with Gasteiger partial charge in [0, 0.05) is 6.54 Å². The minimum absolute atomic E-state index is 0.174. The molecule has 1 unspecified atom stereocenters. The van der Waals surface area contributed by atoms with Gasteiger partial charge in [-0.1, -0.05) is 42.5 Å². The summed E-state index contributed by atoms with van der Waals surface area (Å²) in [7, 11) is 1.85. The Morgan fingerprint density at radius 1 is 1.00 bits per heavy atom. The third kappa shape index (κ3) is 3.58. The highest BCUT2D eigenvalue weighted by Crippen LogP contribution is 2.43. The molecule has 3 rings (SSSR count). The molecule has 1 aliphatic rings. The molecule has 0 spiro atoms. The maximum Gasteiger partial charge on any atom is 0.573 e. The summed E-state index contributed by atoms with van der Waals surface area (Å²) in [5, 5.41) is 3.36. The van der Waals surface area contributed by atoms with Crippen LogP contribution < -0.4 is 15.0 Å². The van der Waals surface area contributed by atoms with Gasteiger partial charge in [0.05, 0.1) is 5.69 Å². The Balaban J connectivity index is 2.08. The molecule has 1 heterocycles. The number of ether oxygens (including phenoxy) is 1. The average Bonchev–Trinajstić information content (AvgIpc) is 2.61. The highest BCUT2D eigenvalue weighted by Gasteiger charge is 2.41. The van der Waals surface area contributed by atoms with Crippen molar-refractivity contribution in [1.82, 2.24) is 5.32 Å². The summed E-state index contributed by atoms with van der Waals surface area (Å²) in [4.78, 5) is 1.99. The second-order valence-corrected chi connectivity index (χ2v) is 6.10. The summed E-state index contributed by atoms with van der Waals surface area (Å²) >= 11 is 0. The molecule has 6 heteroatoms. The van der Waals surface area contributed by atoms with E-state index in [1.165, 1.54) is 6.07 Å². The molecule has 0 saturated carbocycles. The lowest BCUT2D eigenvalue weighted by molar-refractivity contribution is -0.274. The van der Waals surface area contributed by atoms with Crippen molar-refractivity contribution in [3.63, 3.8) is 0 Å². The lowest BCUT2D eigenvalue weighted by atomic mass is 9.87. The zero-order chi connectivity index (χ0) is 17.9. The average molecular weight is 350 g/mol. The Morgan fingerprint density at radius 2 is 1.68 bits per heavy atom. The fraction of sp³-hybridized carbons (Fsp3) is 0.368. The summed E-state index contributed by atoms with van der Waals surface area (Å²) in [6, 6.07) is 16.2. The number of nitrogens with one attached hydrogen (secondary N) is 1. The maximum absolute atomic E-state index is 12.8. The van der Waals surface area contributed by atoms with Gasteiger partial charge >= 0.3 is 6.36 Å². The van der Waals surface area contributed by atoms with E-state index in [2.05, 4.69) is 10.1 Å². The van der Waals surface area contributed by atoms with E-state index in [9.17, 15) is 13.2 Å². The van der Waals surface area contributed by atoms with Gasteiger partial charge in [-0.2, -0.15) is 0 Å². The number of nitrogens with zero attached hydrogens (tertiary/aromatic N) is 1. The van der Waals surface area contributed by atoms with Crippen molar-refractivity contribution in [3.05, 3.63) is 60.2 Å². The van der Waals surface area contributed by atoms with Crippen molar-refractivity contribution >= 4 is 5.69 Å². The van der Waals surface area contributed by atoms with E-state index in [-0.39, 0.29) is 5.75 Å². The molecule has 1 fully saturated rings. The Bertz CT molecular complexity index is 705. The van der Waals surface area contributed by atoms with Crippen molar-refractivity contribution in [1.29, 1.82) is 0 Å².